The highest BCUT2D eigenvalue weighted by atomic mass is 19.2. The van der Waals surface area contributed by atoms with Crippen LogP contribution in [0, 0.1) is 23.4 Å². The third-order valence-electron chi connectivity index (χ3n) is 2.74. The molecule has 82 valence electrons. The molecular formula is C11H12F3N. The lowest BCUT2D eigenvalue weighted by Gasteiger charge is -2.34. The van der Waals surface area contributed by atoms with Crippen LogP contribution >= 0.6 is 0 Å². The van der Waals surface area contributed by atoms with Crippen LogP contribution in [0.15, 0.2) is 12.1 Å². The zero-order chi connectivity index (χ0) is 11.0. The van der Waals surface area contributed by atoms with Gasteiger partial charge in [0.2, 0.25) is 0 Å². The number of nitrogens with one attached hydrogen (secondary N) is 1. The molecule has 0 amide bonds. The first-order chi connectivity index (χ1) is 7.06. The molecule has 1 aromatic carbocycles. The predicted molar refractivity (Wildman–Crippen MR) is 52.1 cm³/mol. The van der Waals surface area contributed by atoms with Gasteiger partial charge in [0, 0.05) is 18.2 Å². The Kier molecular flexibility index (Phi) is 2.59. The second-order valence-electron chi connectivity index (χ2n) is 4.16. The van der Waals surface area contributed by atoms with Crippen LogP contribution in [0.4, 0.5) is 18.9 Å². The molecule has 1 aliphatic carbocycles. The maximum absolute atomic E-state index is 13.2. The molecule has 0 aromatic heterocycles. The van der Waals surface area contributed by atoms with E-state index >= 15 is 0 Å². The van der Waals surface area contributed by atoms with Gasteiger partial charge in [0.1, 0.15) is 5.82 Å². The van der Waals surface area contributed by atoms with E-state index in [1.807, 2.05) is 0 Å². The van der Waals surface area contributed by atoms with Gasteiger partial charge in [-0.25, -0.2) is 13.2 Å². The van der Waals surface area contributed by atoms with Crippen LogP contribution in [0.25, 0.3) is 0 Å². The van der Waals surface area contributed by atoms with Gasteiger partial charge in [-0.15, -0.1) is 0 Å². The van der Waals surface area contributed by atoms with Gasteiger partial charge >= 0.3 is 0 Å². The van der Waals surface area contributed by atoms with Gasteiger partial charge in [0.15, 0.2) is 11.6 Å². The molecule has 2 rings (SSSR count). The molecule has 0 heterocycles. The van der Waals surface area contributed by atoms with Crippen molar-refractivity contribution in [3.63, 3.8) is 0 Å². The molecule has 0 atom stereocenters. The first kappa shape index (κ1) is 10.3. The number of hydrogen-bond acceptors (Lipinski definition) is 1. The molecule has 1 aliphatic rings. The Bertz CT molecular complexity index is 372. The van der Waals surface area contributed by atoms with Crippen LogP contribution in [-0.2, 0) is 0 Å². The van der Waals surface area contributed by atoms with E-state index in [2.05, 4.69) is 12.2 Å². The summed E-state index contributed by atoms with van der Waals surface area (Å²) in [6, 6.07) is 1.62. The zero-order valence-corrected chi connectivity index (χ0v) is 8.36. The first-order valence-electron chi connectivity index (χ1n) is 4.97. The van der Waals surface area contributed by atoms with Crippen LogP contribution < -0.4 is 5.32 Å². The Balaban J connectivity index is 2.11. The Morgan fingerprint density at radius 3 is 2.27 bits per heavy atom. The van der Waals surface area contributed by atoms with Crippen molar-refractivity contribution in [2.24, 2.45) is 5.92 Å². The normalized spacial score (nSPS) is 24.8. The third-order valence-corrected chi connectivity index (χ3v) is 2.74. The van der Waals surface area contributed by atoms with Crippen molar-refractivity contribution in [2.75, 3.05) is 5.32 Å². The van der Waals surface area contributed by atoms with E-state index in [-0.39, 0.29) is 11.7 Å². The zero-order valence-electron chi connectivity index (χ0n) is 8.36. The average molecular weight is 215 g/mol. The summed E-state index contributed by atoms with van der Waals surface area (Å²) in [5, 5.41) is 2.86. The average Bonchev–Trinajstić information content (AvgIpc) is 2.11. The van der Waals surface area contributed by atoms with Gasteiger partial charge in [0.05, 0.1) is 5.69 Å². The van der Waals surface area contributed by atoms with Crippen LogP contribution in [0.1, 0.15) is 19.8 Å². The molecule has 1 aromatic rings. The topological polar surface area (TPSA) is 12.0 Å². The summed E-state index contributed by atoms with van der Waals surface area (Å²) in [7, 11) is 0. The maximum Gasteiger partial charge on any atom is 0.161 e. The molecule has 0 aliphatic heterocycles. The summed E-state index contributed by atoms with van der Waals surface area (Å²) in [4.78, 5) is 0. The highest BCUT2D eigenvalue weighted by Crippen LogP contribution is 2.30. The van der Waals surface area contributed by atoms with Crippen LogP contribution in [-0.4, -0.2) is 6.04 Å². The van der Waals surface area contributed by atoms with Crippen molar-refractivity contribution in [3.05, 3.63) is 29.6 Å². The highest BCUT2D eigenvalue weighted by Gasteiger charge is 2.26. The number of benzene rings is 1. The molecule has 1 nitrogen and oxygen atoms in total. The maximum atomic E-state index is 13.2. The number of halogens is 3. The van der Waals surface area contributed by atoms with Gasteiger partial charge in [0.25, 0.3) is 0 Å². The fourth-order valence-corrected chi connectivity index (χ4v) is 1.87. The Morgan fingerprint density at radius 1 is 1.07 bits per heavy atom. The summed E-state index contributed by atoms with van der Waals surface area (Å²) < 4.78 is 38.6. The van der Waals surface area contributed by atoms with Gasteiger partial charge in [-0.3, -0.25) is 0 Å². The third kappa shape index (κ3) is 2.08. The lowest BCUT2D eigenvalue weighted by molar-refractivity contribution is 0.308. The van der Waals surface area contributed by atoms with E-state index in [1.54, 1.807) is 0 Å². The fourth-order valence-electron chi connectivity index (χ4n) is 1.87. The second kappa shape index (κ2) is 3.76. The second-order valence-corrected chi connectivity index (χ2v) is 4.16. The van der Waals surface area contributed by atoms with Gasteiger partial charge in [-0.2, -0.15) is 0 Å². The molecule has 1 fully saturated rings. The minimum Gasteiger partial charge on any atom is -0.380 e. The monoisotopic (exact) mass is 215 g/mol. The minimum atomic E-state index is -1.15. The largest absolute Gasteiger partial charge is 0.380 e. The highest BCUT2D eigenvalue weighted by molar-refractivity contribution is 5.46. The Labute approximate surface area is 86.3 Å². The standard InChI is InChI=1S/C11H12F3N/c1-6-2-7(3-6)15-11-5-9(13)8(12)4-10(11)14/h4-7,15H,2-3H2,1H3. The summed E-state index contributed by atoms with van der Waals surface area (Å²) in [6.45, 7) is 2.10. The van der Waals surface area contributed by atoms with Crippen molar-refractivity contribution < 1.29 is 13.2 Å². The molecule has 1 N–H and O–H groups in total. The number of rotatable bonds is 2. The summed E-state index contributed by atoms with van der Waals surface area (Å²) in [5.74, 6) is -2.30. The number of hydrogen-bond donors (Lipinski definition) is 1. The number of anilines is 1. The SMILES string of the molecule is CC1CC(Nc2cc(F)c(F)cc2F)C1. The molecule has 0 radical (unpaired) electrons. The predicted octanol–water partition coefficient (Wildman–Crippen LogP) is 3.31. The molecule has 0 saturated heterocycles. The Morgan fingerprint density at radius 2 is 1.67 bits per heavy atom. The minimum absolute atomic E-state index is 0.0470. The molecule has 15 heavy (non-hydrogen) atoms. The molecule has 0 bridgehead atoms. The van der Waals surface area contributed by atoms with Crippen molar-refractivity contribution in [3.8, 4) is 0 Å². The summed E-state index contributed by atoms with van der Waals surface area (Å²) >= 11 is 0. The van der Waals surface area contributed by atoms with Crippen molar-refractivity contribution in [2.45, 2.75) is 25.8 Å². The van der Waals surface area contributed by atoms with Crippen molar-refractivity contribution in [1.29, 1.82) is 0 Å². The van der Waals surface area contributed by atoms with E-state index in [4.69, 9.17) is 0 Å². The van der Waals surface area contributed by atoms with E-state index in [1.165, 1.54) is 0 Å². The Hall–Kier alpha value is -1.19. The van der Waals surface area contributed by atoms with Crippen molar-refractivity contribution >= 4 is 5.69 Å². The molecule has 0 unspecified atom stereocenters. The van der Waals surface area contributed by atoms with E-state index in [0.29, 0.717) is 12.0 Å². The van der Waals surface area contributed by atoms with E-state index in [0.717, 1.165) is 18.9 Å². The quantitative estimate of drug-likeness (QED) is 0.746. The molecule has 0 spiro atoms. The van der Waals surface area contributed by atoms with Crippen LogP contribution in [0.3, 0.4) is 0 Å². The van der Waals surface area contributed by atoms with Crippen LogP contribution in [0.5, 0.6) is 0 Å². The van der Waals surface area contributed by atoms with E-state index in [9.17, 15) is 13.2 Å². The lowest BCUT2D eigenvalue weighted by atomic mass is 9.82. The fraction of sp³-hybridized carbons (Fsp3) is 0.455. The lowest BCUT2D eigenvalue weighted by Crippen LogP contribution is -2.34. The van der Waals surface area contributed by atoms with Crippen LogP contribution in [0.2, 0.25) is 0 Å². The van der Waals surface area contributed by atoms with Gasteiger partial charge < -0.3 is 5.32 Å². The summed E-state index contributed by atoms with van der Waals surface area (Å²) in [6.07, 6.45) is 1.89. The first-order valence-corrected chi connectivity index (χ1v) is 4.97. The smallest absolute Gasteiger partial charge is 0.161 e. The molecule has 1 saturated carbocycles. The molecule has 4 heteroatoms. The van der Waals surface area contributed by atoms with E-state index < -0.39 is 17.5 Å². The van der Waals surface area contributed by atoms with Crippen molar-refractivity contribution in [1.82, 2.24) is 0 Å². The summed E-state index contributed by atoms with van der Waals surface area (Å²) in [5.41, 5.74) is 0.0470. The van der Waals surface area contributed by atoms with Gasteiger partial charge in [-0.05, 0) is 18.8 Å². The molecular weight excluding hydrogens is 203 g/mol. The van der Waals surface area contributed by atoms with Gasteiger partial charge in [-0.1, -0.05) is 6.92 Å².